The van der Waals surface area contributed by atoms with E-state index in [4.69, 9.17) is 5.11 Å². The van der Waals surface area contributed by atoms with Crippen LogP contribution in [0, 0.1) is 5.92 Å². The summed E-state index contributed by atoms with van der Waals surface area (Å²) in [6.45, 7) is 6.58. The van der Waals surface area contributed by atoms with E-state index in [-0.39, 0.29) is 12.5 Å². The summed E-state index contributed by atoms with van der Waals surface area (Å²) in [6, 6.07) is 0. The van der Waals surface area contributed by atoms with Crippen molar-refractivity contribution >= 4 is 5.91 Å². The topological polar surface area (TPSA) is 49.3 Å². The number of hydrogen-bond acceptors (Lipinski definition) is 2. The van der Waals surface area contributed by atoms with Crippen molar-refractivity contribution in [1.29, 1.82) is 0 Å². The minimum Gasteiger partial charge on any atom is -0.396 e. The minimum absolute atomic E-state index is 0.0777. The third-order valence-electron chi connectivity index (χ3n) is 2.40. The Balaban J connectivity index is 3.66. The van der Waals surface area contributed by atoms with E-state index in [9.17, 15) is 4.79 Å². The highest BCUT2D eigenvalue weighted by Gasteiger charge is 2.08. The minimum atomic E-state index is 0.0777. The van der Waals surface area contributed by atoms with Crippen LogP contribution in [0.4, 0.5) is 0 Å². The summed E-state index contributed by atoms with van der Waals surface area (Å²) in [5, 5.41) is 11.7. The average molecular weight is 213 g/mol. The molecule has 0 aromatic heterocycles. The number of allylic oxidation sites excluding steroid dienone is 1. The SMILES string of the molecule is C=CCCC(=O)NCC(CCC)CCO. The molecule has 0 heterocycles. The fourth-order valence-corrected chi connectivity index (χ4v) is 1.52. The van der Waals surface area contributed by atoms with Crippen molar-refractivity contribution in [3.05, 3.63) is 12.7 Å². The molecule has 1 unspecified atom stereocenters. The van der Waals surface area contributed by atoms with E-state index in [1.54, 1.807) is 6.08 Å². The van der Waals surface area contributed by atoms with E-state index in [0.29, 0.717) is 18.9 Å². The molecule has 0 aromatic carbocycles. The second-order valence-electron chi connectivity index (χ2n) is 3.80. The van der Waals surface area contributed by atoms with Gasteiger partial charge in [0.25, 0.3) is 0 Å². The van der Waals surface area contributed by atoms with Crippen molar-refractivity contribution in [2.24, 2.45) is 5.92 Å². The van der Waals surface area contributed by atoms with Crippen molar-refractivity contribution in [3.8, 4) is 0 Å². The zero-order valence-electron chi connectivity index (χ0n) is 9.67. The maximum atomic E-state index is 11.3. The van der Waals surface area contributed by atoms with Gasteiger partial charge >= 0.3 is 0 Å². The maximum Gasteiger partial charge on any atom is 0.220 e. The number of carbonyl (C=O) groups is 1. The molecule has 0 saturated heterocycles. The van der Waals surface area contributed by atoms with Crippen LogP contribution in [0.2, 0.25) is 0 Å². The number of aliphatic hydroxyl groups excluding tert-OH is 1. The molecule has 2 N–H and O–H groups in total. The summed E-state index contributed by atoms with van der Waals surface area (Å²) in [5.41, 5.74) is 0. The summed E-state index contributed by atoms with van der Waals surface area (Å²) in [4.78, 5) is 11.3. The molecule has 3 nitrogen and oxygen atoms in total. The first-order valence-electron chi connectivity index (χ1n) is 5.73. The molecule has 1 atom stereocenters. The number of carbonyl (C=O) groups excluding carboxylic acids is 1. The molecular formula is C12H23NO2. The van der Waals surface area contributed by atoms with Gasteiger partial charge in [-0.2, -0.15) is 0 Å². The monoisotopic (exact) mass is 213 g/mol. The molecule has 0 fully saturated rings. The summed E-state index contributed by atoms with van der Waals surface area (Å²) < 4.78 is 0. The fraction of sp³-hybridized carbons (Fsp3) is 0.750. The second kappa shape index (κ2) is 9.71. The Morgan fingerprint density at radius 1 is 1.53 bits per heavy atom. The van der Waals surface area contributed by atoms with E-state index in [0.717, 1.165) is 25.7 Å². The Hall–Kier alpha value is -0.830. The van der Waals surface area contributed by atoms with Crippen molar-refractivity contribution < 1.29 is 9.90 Å². The fourth-order valence-electron chi connectivity index (χ4n) is 1.52. The van der Waals surface area contributed by atoms with Gasteiger partial charge in [0.1, 0.15) is 0 Å². The van der Waals surface area contributed by atoms with Crippen LogP contribution in [-0.2, 0) is 4.79 Å². The quantitative estimate of drug-likeness (QED) is 0.574. The van der Waals surface area contributed by atoms with Gasteiger partial charge in [-0.3, -0.25) is 4.79 Å². The molecule has 0 rings (SSSR count). The summed E-state index contributed by atoms with van der Waals surface area (Å²) in [6.07, 6.45) is 5.91. The molecule has 0 saturated carbocycles. The third-order valence-corrected chi connectivity index (χ3v) is 2.40. The van der Waals surface area contributed by atoms with Crippen LogP contribution in [0.1, 0.15) is 39.0 Å². The van der Waals surface area contributed by atoms with Crippen molar-refractivity contribution in [2.75, 3.05) is 13.2 Å². The van der Waals surface area contributed by atoms with E-state index in [2.05, 4.69) is 18.8 Å². The molecule has 1 amide bonds. The van der Waals surface area contributed by atoms with E-state index >= 15 is 0 Å². The van der Waals surface area contributed by atoms with Gasteiger partial charge in [0.15, 0.2) is 0 Å². The van der Waals surface area contributed by atoms with Crippen molar-refractivity contribution in [1.82, 2.24) is 5.32 Å². The molecule has 3 heteroatoms. The number of aliphatic hydroxyl groups is 1. The molecule has 15 heavy (non-hydrogen) atoms. The maximum absolute atomic E-state index is 11.3. The Morgan fingerprint density at radius 3 is 2.80 bits per heavy atom. The van der Waals surface area contributed by atoms with E-state index in [1.165, 1.54) is 0 Å². The van der Waals surface area contributed by atoms with Gasteiger partial charge in [0.2, 0.25) is 5.91 Å². The zero-order valence-corrected chi connectivity index (χ0v) is 9.67. The van der Waals surface area contributed by atoms with Crippen LogP contribution >= 0.6 is 0 Å². The summed E-state index contributed by atoms with van der Waals surface area (Å²) in [7, 11) is 0. The molecule has 0 aliphatic rings. The van der Waals surface area contributed by atoms with Crippen LogP contribution in [0.25, 0.3) is 0 Å². The van der Waals surface area contributed by atoms with Crippen LogP contribution in [0.5, 0.6) is 0 Å². The Kier molecular flexibility index (Phi) is 9.18. The van der Waals surface area contributed by atoms with Crippen LogP contribution in [-0.4, -0.2) is 24.2 Å². The molecule has 0 aromatic rings. The van der Waals surface area contributed by atoms with Gasteiger partial charge in [0.05, 0.1) is 0 Å². The van der Waals surface area contributed by atoms with Crippen molar-refractivity contribution in [3.63, 3.8) is 0 Å². The number of hydrogen-bond donors (Lipinski definition) is 2. The number of nitrogens with one attached hydrogen (secondary N) is 1. The van der Waals surface area contributed by atoms with Gasteiger partial charge in [-0.05, 0) is 25.2 Å². The van der Waals surface area contributed by atoms with Gasteiger partial charge in [-0.1, -0.05) is 19.4 Å². The predicted molar refractivity (Wildman–Crippen MR) is 62.5 cm³/mol. The molecule has 0 bridgehead atoms. The van der Waals surface area contributed by atoms with E-state index in [1.807, 2.05) is 0 Å². The summed E-state index contributed by atoms with van der Waals surface area (Å²) in [5.74, 6) is 0.488. The molecule has 0 aliphatic heterocycles. The predicted octanol–water partition coefficient (Wildman–Crippen LogP) is 1.87. The highest BCUT2D eigenvalue weighted by atomic mass is 16.3. The third kappa shape index (κ3) is 8.18. The molecule has 0 radical (unpaired) electrons. The van der Waals surface area contributed by atoms with Gasteiger partial charge in [-0.15, -0.1) is 6.58 Å². The molecule has 88 valence electrons. The summed E-state index contributed by atoms with van der Waals surface area (Å²) >= 11 is 0. The first-order valence-corrected chi connectivity index (χ1v) is 5.73. The highest BCUT2D eigenvalue weighted by Crippen LogP contribution is 2.09. The lowest BCUT2D eigenvalue weighted by Crippen LogP contribution is -2.29. The first kappa shape index (κ1) is 14.2. The van der Waals surface area contributed by atoms with Crippen molar-refractivity contribution in [2.45, 2.75) is 39.0 Å². The standard InChI is InChI=1S/C12H23NO2/c1-3-5-7-12(15)13-10-11(6-4-2)8-9-14/h3,11,14H,1,4-10H2,2H3,(H,13,15). The van der Waals surface area contributed by atoms with E-state index < -0.39 is 0 Å². The largest absolute Gasteiger partial charge is 0.396 e. The first-order chi connectivity index (χ1) is 7.24. The molecule has 0 spiro atoms. The Morgan fingerprint density at radius 2 is 2.27 bits per heavy atom. The Bertz CT molecular complexity index is 174. The molecular weight excluding hydrogens is 190 g/mol. The van der Waals surface area contributed by atoms with Gasteiger partial charge in [-0.25, -0.2) is 0 Å². The lowest BCUT2D eigenvalue weighted by Gasteiger charge is -2.15. The van der Waals surface area contributed by atoms with Crippen LogP contribution < -0.4 is 5.32 Å². The lowest BCUT2D eigenvalue weighted by atomic mass is 10.0. The highest BCUT2D eigenvalue weighted by molar-refractivity contribution is 5.75. The van der Waals surface area contributed by atoms with Crippen LogP contribution in [0.3, 0.4) is 0 Å². The van der Waals surface area contributed by atoms with Gasteiger partial charge < -0.3 is 10.4 Å². The smallest absolute Gasteiger partial charge is 0.220 e. The number of rotatable bonds is 9. The zero-order chi connectivity index (χ0) is 11.5. The Labute approximate surface area is 92.6 Å². The normalized spacial score (nSPS) is 12.1. The number of amides is 1. The van der Waals surface area contributed by atoms with Crippen LogP contribution in [0.15, 0.2) is 12.7 Å². The second-order valence-corrected chi connectivity index (χ2v) is 3.80. The van der Waals surface area contributed by atoms with Gasteiger partial charge in [0, 0.05) is 19.6 Å². The lowest BCUT2D eigenvalue weighted by molar-refractivity contribution is -0.121. The molecule has 0 aliphatic carbocycles. The average Bonchev–Trinajstić information content (AvgIpc) is 2.23.